The minimum Gasteiger partial charge on any atom is -0.381 e. The van der Waals surface area contributed by atoms with E-state index >= 15 is 0 Å². The van der Waals surface area contributed by atoms with Gasteiger partial charge in [0.05, 0.1) is 11.4 Å². The molecule has 0 aromatic carbocycles. The van der Waals surface area contributed by atoms with E-state index in [1.165, 1.54) is 24.2 Å². The molecule has 0 radical (unpaired) electrons. The standard InChI is InChI=1S/C12H19N3O/c1-2-9(8-16-5-1)6-12-14-10-3-4-13-7-11(10)15-12/h9,13H,1-8H2,(H,14,15). The summed E-state index contributed by atoms with van der Waals surface area (Å²) in [6, 6.07) is 0. The molecule has 2 aliphatic heterocycles. The summed E-state index contributed by atoms with van der Waals surface area (Å²) in [5.74, 6) is 1.82. The van der Waals surface area contributed by atoms with Crippen molar-refractivity contribution in [3.05, 3.63) is 17.2 Å². The van der Waals surface area contributed by atoms with Crippen molar-refractivity contribution in [1.82, 2.24) is 15.3 Å². The minimum atomic E-state index is 0.661. The molecule has 4 heteroatoms. The highest BCUT2D eigenvalue weighted by Gasteiger charge is 2.18. The molecule has 1 atom stereocenters. The second-order valence-electron chi connectivity index (χ2n) is 4.82. The average Bonchev–Trinajstić information content (AvgIpc) is 2.72. The molecule has 3 heterocycles. The van der Waals surface area contributed by atoms with Crippen molar-refractivity contribution < 1.29 is 4.74 Å². The molecule has 3 rings (SSSR count). The van der Waals surface area contributed by atoms with Crippen LogP contribution >= 0.6 is 0 Å². The van der Waals surface area contributed by atoms with Crippen molar-refractivity contribution in [3.63, 3.8) is 0 Å². The van der Waals surface area contributed by atoms with Gasteiger partial charge in [-0.05, 0) is 18.8 Å². The lowest BCUT2D eigenvalue weighted by atomic mass is 9.98. The first-order chi connectivity index (χ1) is 7.92. The van der Waals surface area contributed by atoms with Crippen LogP contribution < -0.4 is 5.32 Å². The maximum Gasteiger partial charge on any atom is 0.106 e. The fraction of sp³-hybridized carbons (Fsp3) is 0.750. The molecule has 0 bridgehead atoms. The molecular weight excluding hydrogens is 202 g/mol. The fourth-order valence-corrected chi connectivity index (χ4v) is 2.62. The summed E-state index contributed by atoms with van der Waals surface area (Å²) < 4.78 is 5.50. The van der Waals surface area contributed by atoms with Crippen molar-refractivity contribution in [3.8, 4) is 0 Å². The van der Waals surface area contributed by atoms with Crippen molar-refractivity contribution in [2.75, 3.05) is 19.8 Å². The zero-order chi connectivity index (χ0) is 10.8. The lowest BCUT2D eigenvalue weighted by Crippen LogP contribution is -2.23. The molecule has 4 nitrogen and oxygen atoms in total. The largest absolute Gasteiger partial charge is 0.381 e. The highest BCUT2D eigenvalue weighted by molar-refractivity contribution is 5.17. The molecule has 1 fully saturated rings. The molecule has 2 aliphatic rings. The van der Waals surface area contributed by atoms with Gasteiger partial charge in [-0.25, -0.2) is 4.98 Å². The van der Waals surface area contributed by atoms with E-state index < -0.39 is 0 Å². The Balaban J connectivity index is 1.67. The summed E-state index contributed by atoms with van der Waals surface area (Å²) >= 11 is 0. The Labute approximate surface area is 95.8 Å². The number of aromatic nitrogens is 2. The topological polar surface area (TPSA) is 49.9 Å². The number of aromatic amines is 1. The average molecular weight is 221 g/mol. The normalized spacial score (nSPS) is 25.4. The van der Waals surface area contributed by atoms with Crippen molar-refractivity contribution in [2.45, 2.75) is 32.2 Å². The van der Waals surface area contributed by atoms with Crippen LogP contribution in [0.25, 0.3) is 0 Å². The number of rotatable bonds is 2. The zero-order valence-electron chi connectivity index (χ0n) is 9.59. The van der Waals surface area contributed by atoms with E-state index in [4.69, 9.17) is 9.72 Å². The van der Waals surface area contributed by atoms with Crippen LogP contribution in [-0.4, -0.2) is 29.7 Å². The van der Waals surface area contributed by atoms with Gasteiger partial charge < -0.3 is 15.0 Å². The van der Waals surface area contributed by atoms with E-state index in [1.54, 1.807) is 0 Å². The lowest BCUT2D eigenvalue weighted by molar-refractivity contribution is 0.0543. The van der Waals surface area contributed by atoms with E-state index in [0.29, 0.717) is 5.92 Å². The molecule has 16 heavy (non-hydrogen) atoms. The Morgan fingerprint density at radius 1 is 1.44 bits per heavy atom. The van der Waals surface area contributed by atoms with Crippen molar-refractivity contribution >= 4 is 0 Å². The van der Waals surface area contributed by atoms with E-state index in [-0.39, 0.29) is 0 Å². The van der Waals surface area contributed by atoms with Gasteiger partial charge in [-0.3, -0.25) is 0 Å². The second-order valence-corrected chi connectivity index (χ2v) is 4.82. The summed E-state index contributed by atoms with van der Waals surface area (Å²) in [5, 5.41) is 3.36. The van der Waals surface area contributed by atoms with E-state index in [0.717, 1.165) is 45.0 Å². The molecular formula is C12H19N3O. The molecule has 1 aromatic heterocycles. The lowest BCUT2D eigenvalue weighted by Gasteiger charge is -2.20. The van der Waals surface area contributed by atoms with Crippen LogP contribution in [-0.2, 0) is 24.1 Å². The van der Waals surface area contributed by atoms with E-state index in [9.17, 15) is 0 Å². The first kappa shape index (κ1) is 10.3. The molecule has 88 valence electrons. The Bertz CT molecular complexity index is 332. The molecule has 0 aliphatic carbocycles. The van der Waals surface area contributed by atoms with E-state index in [2.05, 4.69) is 10.3 Å². The molecule has 0 amide bonds. The van der Waals surface area contributed by atoms with Crippen LogP contribution in [0, 0.1) is 5.92 Å². The fourth-order valence-electron chi connectivity index (χ4n) is 2.62. The summed E-state index contributed by atoms with van der Waals surface area (Å²) in [5.41, 5.74) is 2.56. The molecule has 0 spiro atoms. The van der Waals surface area contributed by atoms with Crippen molar-refractivity contribution in [1.29, 1.82) is 0 Å². The third-order valence-electron chi connectivity index (χ3n) is 3.49. The van der Waals surface area contributed by atoms with E-state index in [1.807, 2.05) is 0 Å². The predicted octanol–water partition coefficient (Wildman–Crippen LogP) is 1.02. The monoisotopic (exact) mass is 221 g/mol. The number of H-pyrrole nitrogens is 1. The summed E-state index contributed by atoms with van der Waals surface area (Å²) in [7, 11) is 0. The third kappa shape index (κ3) is 2.13. The van der Waals surface area contributed by atoms with Crippen LogP contribution in [0.1, 0.15) is 30.1 Å². The van der Waals surface area contributed by atoms with Crippen LogP contribution in [0.4, 0.5) is 0 Å². The Morgan fingerprint density at radius 3 is 3.25 bits per heavy atom. The molecule has 1 aromatic rings. The SMILES string of the molecule is C1COCC(Cc2nc3c([nH]2)CNCC3)C1. The number of nitrogens with zero attached hydrogens (tertiary/aromatic N) is 1. The summed E-state index contributed by atoms with van der Waals surface area (Å²) in [6.07, 6.45) is 4.59. The predicted molar refractivity (Wildman–Crippen MR) is 61.2 cm³/mol. The molecule has 0 saturated carbocycles. The number of fused-ring (bicyclic) bond motifs is 1. The highest BCUT2D eigenvalue weighted by atomic mass is 16.5. The number of hydrogen-bond acceptors (Lipinski definition) is 3. The highest BCUT2D eigenvalue weighted by Crippen LogP contribution is 2.19. The van der Waals surface area contributed by atoms with Crippen molar-refractivity contribution in [2.24, 2.45) is 5.92 Å². The third-order valence-corrected chi connectivity index (χ3v) is 3.49. The van der Waals surface area contributed by atoms with Gasteiger partial charge in [-0.1, -0.05) is 0 Å². The minimum absolute atomic E-state index is 0.661. The number of ether oxygens (including phenoxy) is 1. The van der Waals surface area contributed by atoms with Gasteiger partial charge in [0.25, 0.3) is 0 Å². The second kappa shape index (κ2) is 4.55. The maximum atomic E-state index is 5.50. The quantitative estimate of drug-likeness (QED) is 0.784. The van der Waals surface area contributed by atoms with Gasteiger partial charge >= 0.3 is 0 Å². The maximum absolute atomic E-state index is 5.50. The van der Waals surface area contributed by atoms with Crippen LogP contribution in [0.15, 0.2) is 0 Å². The Hall–Kier alpha value is -0.870. The van der Waals surface area contributed by atoms with Gasteiger partial charge in [-0.2, -0.15) is 0 Å². The van der Waals surface area contributed by atoms with Crippen LogP contribution in [0.3, 0.4) is 0 Å². The molecule has 1 saturated heterocycles. The first-order valence-electron chi connectivity index (χ1n) is 6.27. The zero-order valence-corrected chi connectivity index (χ0v) is 9.59. The van der Waals surface area contributed by atoms with Gasteiger partial charge in [0, 0.05) is 39.1 Å². The first-order valence-corrected chi connectivity index (χ1v) is 6.27. The van der Waals surface area contributed by atoms with Crippen LogP contribution in [0.2, 0.25) is 0 Å². The smallest absolute Gasteiger partial charge is 0.106 e. The molecule has 2 N–H and O–H groups in total. The van der Waals surface area contributed by atoms with Gasteiger partial charge in [0.15, 0.2) is 0 Å². The van der Waals surface area contributed by atoms with Gasteiger partial charge in [0.2, 0.25) is 0 Å². The number of nitrogens with one attached hydrogen (secondary N) is 2. The molecule has 1 unspecified atom stereocenters. The summed E-state index contributed by atoms with van der Waals surface area (Å²) in [6.45, 7) is 3.85. The van der Waals surface area contributed by atoms with Crippen LogP contribution in [0.5, 0.6) is 0 Å². The number of imidazole rings is 1. The Morgan fingerprint density at radius 2 is 2.44 bits per heavy atom. The number of hydrogen-bond donors (Lipinski definition) is 2. The summed E-state index contributed by atoms with van der Waals surface area (Å²) in [4.78, 5) is 8.15. The van der Waals surface area contributed by atoms with Gasteiger partial charge in [0.1, 0.15) is 5.82 Å². The van der Waals surface area contributed by atoms with Gasteiger partial charge in [-0.15, -0.1) is 0 Å². The Kier molecular flexibility index (Phi) is 2.93.